The molecule has 0 fully saturated rings. The maximum absolute atomic E-state index is 9.40. The van der Waals surface area contributed by atoms with Crippen LogP contribution < -0.4 is 5.32 Å². The number of likely N-dealkylation sites (N-methyl/N-ethyl adjacent to an activating group) is 1. The maximum atomic E-state index is 9.40. The highest BCUT2D eigenvalue weighted by Crippen LogP contribution is 2.23. The molecule has 0 aliphatic carbocycles. The SMILES string of the molecule is C=CCCCCCCCCCCCCCCCCCCCC1NC=C[N+]1(CC)CCO. The Bertz CT molecular complexity index is 437. The van der Waals surface area contributed by atoms with Crippen molar-refractivity contribution in [2.45, 2.75) is 135 Å². The molecule has 0 aromatic rings. The van der Waals surface area contributed by atoms with E-state index in [0.29, 0.717) is 6.17 Å². The lowest BCUT2D eigenvalue weighted by Gasteiger charge is -2.36. The molecular formula is C28H55N2O+. The minimum Gasteiger partial charge on any atom is -0.390 e. The summed E-state index contributed by atoms with van der Waals surface area (Å²) in [5, 5.41) is 12.9. The first-order chi connectivity index (χ1) is 15.3. The van der Waals surface area contributed by atoms with E-state index in [4.69, 9.17) is 0 Å². The quantitative estimate of drug-likeness (QED) is 0.0974. The summed E-state index contributed by atoms with van der Waals surface area (Å²) in [5.74, 6) is 0. The molecule has 0 saturated heterocycles. The molecule has 2 atom stereocenters. The van der Waals surface area contributed by atoms with E-state index < -0.39 is 0 Å². The van der Waals surface area contributed by atoms with Crippen molar-refractivity contribution in [3.05, 3.63) is 25.1 Å². The van der Waals surface area contributed by atoms with Gasteiger partial charge in [0, 0.05) is 6.42 Å². The molecule has 2 N–H and O–H groups in total. The number of aliphatic hydroxyl groups is 1. The van der Waals surface area contributed by atoms with Crippen LogP contribution in [0.3, 0.4) is 0 Å². The summed E-state index contributed by atoms with van der Waals surface area (Å²) in [4.78, 5) is 0. The van der Waals surface area contributed by atoms with Gasteiger partial charge < -0.3 is 10.4 Å². The van der Waals surface area contributed by atoms with Crippen LogP contribution in [0.1, 0.15) is 129 Å². The topological polar surface area (TPSA) is 32.3 Å². The number of unbranched alkanes of at least 4 members (excludes halogenated alkanes) is 17. The predicted molar refractivity (Wildman–Crippen MR) is 137 cm³/mol. The van der Waals surface area contributed by atoms with Crippen LogP contribution >= 0.6 is 0 Å². The monoisotopic (exact) mass is 435 g/mol. The predicted octanol–water partition coefficient (Wildman–Crippen LogP) is 7.81. The molecule has 1 heterocycles. The van der Waals surface area contributed by atoms with Crippen LogP contribution in [-0.4, -0.2) is 35.5 Å². The summed E-state index contributed by atoms with van der Waals surface area (Å²) in [6.45, 7) is 8.18. The lowest BCUT2D eigenvalue weighted by molar-refractivity contribution is -0.900. The van der Waals surface area contributed by atoms with Crippen molar-refractivity contribution in [1.82, 2.24) is 5.32 Å². The van der Waals surface area contributed by atoms with Gasteiger partial charge in [-0.1, -0.05) is 102 Å². The van der Waals surface area contributed by atoms with Gasteiger partial charge in [0.15, 0.2) is 6.17 Å². The molecule has 3 heteroatoms. The summed E-state index contributed by atoms with van der Waals surface area (Å²) in [6, 6.07) is 0. The zero-order chi connectivity index (χ0) is 22.5. The minimum atomic E-state index is 0.271. The van der Waals surface area contributed by atoms with Crippen LogP contribution in [0.15, 0.2) is 25.1 Å². The molecule has 0 radical (unpaired) electrons. The Labute approximate surface area is 195 Å². The first-order valence-corrected chi connectivity index (χ1v) is 13.8. The van der Waals surface area contributed by atoms with E-state index in [1.165, 1.54) is 122 Å². The molecular weight excluding hydrogens is 380 g/mol. The normalized spacial score (nSPS) is 20.3. The lowest BCUT2D eigenvalue weighted by atomic mass is 10.0. The molecule has 0 amide bonds. The number of hydrogen-bond donors (Lipinski definition) is 2. The maximum Gasteiger partial charge on any atom is 0.166 e. The van der Waals surface area contributed by atoms with Gasteiger partial charge in [-0.25, -0.2) is 0 Å². The van der Waals surface area contributed by atoms with Crippen molar-refractivity contribution in [3.8, 4) is 0 Å². The fourth-order valence-electron chi connectivity index (χ4n) is 5.07. The number of hydrogen-bond acceptors (Lipinski definition) is 2. The zero-order valence-corrected chi connectivity index (χ0v) is 21.0. The van der Waals surface area contributed by atoms with Crippen molar-refractivity contribution in [3.63, 3.8) is 0 Å². The van der Waals surface area contributed by atoms with E-state index in [1.54, 1.807) is 0 Å². The first kappa shape index (κ1) is 28.2. The van der Waals surface area contributed by atoms with E-state index in [1.807, 2.05) is 6.08 Å². The Hall–Kier alpha value is -0.800. The molecule has 0 aromatic heterocycles. The standard InChI is InChI=1S/C28H55N2O/c1-3-5-6-7-8-9-10-11-12-13-14-15-16-17-18-19-20-21-22-23-28-29-24-25-30(28,4-2)26-27-31/h3,24-25,28-29,31H,1,4-23,26-27H2,2H3/q+1. The van der Waals surface area contributed by atoms with E-state index >= 15 is 0 Å². The van der Waals surface area contributed by atoms with Crippen molar-refractivity contribution in [2.24, 2.45) is 0 Å². The van der Waals surface area contributed by atoms with Crippen LogP contribution in [0.5, 0.6) is 0 Å². The minimum absolute atomic E-state index is 0.271. The number of allylic oxidation sites excluding steroid dienone is 1. The highest BCUT2D eigenvalue weighted by molar-refractivity contribution is 4.84. The molecule has 0 saturated carbocycles. The summed E-state index contributed by atoms with van der Waals surface area (Å²) < 4.78 is 0.909. The molecule has 3 nitrogen and oxygen atoms in total. The number of rotatable bonds is 23. The highest BCUT2D eigenvalue weighted by atomic mass is 16.3. The van der Waals surface area contributed by atoms with Crippen LogP contribution in [0.25, 0.3) is 0 Å². The average molecular weight is 436 g/mol. The molecule has 0 bridgehead atoms. The fourth-order valence-corrected chi connectivity index (χ4v) is 5.07. The van der Waals surface area contributed by atoms with Gasteiger partial charge in [-0.15, -0.1) is 6.58 Å². The summed E-state index contributed by atoms with van der Waals surface area (Å²) in [6.07, 6.45) is 33.3. The van der Waals surface area contributed by atoms with Crippen LogP contribution in [0.4, 0.5) is 0 Å². The van der Waals surface area contributed by atoms with Gasteiger partial charge in [0.1, 0.15) is 12.7 Å². The second-order valence-electron chi connectivity index (χ2n) is 9.74. The zero-order valence-electron chi connectivity index (χ0n) is 21.0. The molecule has 1 rings (SSSR count). The van der Waals surface area contributed by atoms with Gasteiger partial charge in [0.2, 0.25) is 0 Å². The third-order valence-corrected chi connectivity index (χ3v) is 7.27. The first-order valence-electron chi connectivity index (χ1n) is 13.8. The fraction of sp³-hybridized carbons (Fsp3) is 0.857. The Kier molecular flexibility index (Phi) is 18.1. The second-order valence-corrected chi connectivity index (χ2v) is 9.74. The van der Waals surface area contributed by atoms with Gasteiger partial charge in [-0.05, 0) is 26.2 Å². The van der Waals surface area contributed by atoms with Crippen LogP contribution in [-0.2, 0) is 0 Å². The molecule has 0 aromatic carbocycles. The van der Waals surface area contributed by atoms with E-state index in [0.717, 1.165) is 17.6 Å². The van der Waals surface area contributed by atoms with Crippen molar-refractivity contribution < 1.29 is 9.59 Å². The third-order valence-electron chi connectivity index (χ3n) is 7.27. The number of nitrogens with zero attached hydrogens (tertiary/aromatic N) is 1. The molecule has 1 aliphatic rings. The van der Waals surface area contributed by atoms with Gasteiger partial charge in [0.25, 0.3) is 0 Å². The Balaban J connectivity index is 1.80. The summed E-state index contributed by atoms with van der Waals surface area (Å²) in [7, 11) is 0. The number of aliphatic hydroxyl groups excluding tert-OH is 1. The lowest BCUT2D eigenvalue weighted by Crippen LogP contribution is -2.54. The van der Waals surface area contributed by atoms with Crippen molar-refractivity contribution in [2.75, 3.05) is 19.7 Å². The Morgan fingerprint density at radius 2 is 1.23 bits per heavy atom. The Morgan fingerprint density at radius 1 is 0.774 bits per heavy atom. The van der Waals surface area contributed by atoms with E-state index in [2.05, 4.69) is 31.2 Å². The van der Waals surface area contributed by atoms with Gasteiger partial charge in [0.05, 0.1) is 19.4 Å². The smallest absolute Gasteiger partial charge is 0.166 e. The van der Waals surface area contributed by atoms with Crippen molar-refractivity contribution in [1.29, 1.82) is 0 Å². The number of nitrogens with one attached hydrogen (secondary N) is 1. The van der Waals surface area contributed by atoms with Gasteiger partial charge in [-0.3, -0.25) is 4.48 Å². The summed E-state index contributed by atoms with van der Waals surface area (Å²) >= 11 is 0. The molecule has 182 valence electrons. The van der Waals surface area contributed by atoms with Gasteiger partial charge in [-0.2, -0.15) is 0 Å². The molecule has 1 aliphatic heterocycles. The molecule has 2 unspecified atom stereocenters. The highest BCUT2D eigenvalue weighted by Gasteiger charge is 2.35. The number of quaternary nitrogens is 1. The van der Waals surface area contributed by atoms with Crippen molar-refractivity contribution >= 4 is 0 Å². The van der Waals surface area contributed by atoms with Crippen LogP contribution in [0.2, 0.25) is 0 Å². The summed E-state index contributed by atoms with van der Waals surface area (Å²) in [5.41, 5.74) is 0. The second kappa shape index (κ2) is 19.9. The van der Waals surface area contributed by atoms with Crippen LogP contribution in [0, 0.1) is 0 Å². The van der Waals surface area contributed by atoms with Gasteiger partial charge >= 0.3 is 0 Å². The average Bonchev–Trinajstić information content (AvgIpc) is 3.18. The Morgan fingerprint density at radius 3 is 1.65 bits per heavy atom. The molecule has 31 heavy (non-hydrogen) atoms. The van der Waals surface area contributed by atoms with E-state index in [9.17, 15) is 5.11 Å². The molecule has 0 spiro atoms. The third kappa shape index (κ3) is 13.4. The largest absolute Gasteiger partial charge is 0.390 e. The van der Waals surface area contributed by atoms with E-state index in [-0.39, 0.29) is 6.61 Å².